The summed E-state index contributed by atoms with van der Waals surface area (Å²) in [6.45, 7) is -0.250. The molecule has 0 aromatic rings. The molecule has 1 rings (SSSR count). The summed E-state index contributed by atoms with van der Waals surface area (Å²) in [5.74, 6) is 0.431. The van der Waals surface area contributed by atoms with Crippen LogP contribution in [0.15, 0.2) is 0 Å². The van der Waals surface area contributed by atoms with Crippen LogP contribution in [0.1, 0.15) is 25.7 Å². The summed E-state index contributed by atoms with van der Waals surface area (Å²) in [5.41, 5.74) is 0. The first-order chi connectivity index (χ1) is 5.70. The van der Waals surface area contributed by atoms with Gasteiger partial charge in [0.2, 0.25) is 0 Å². The van der Waals surface area contributed by atoms with Gasteiger partial charge in [0.05, 0.1) is 13.2 Å². The van der Waals surface area contributed by atoms with E-state index in [2.05, 4.69) is 15.9 Å². The standard InChI is InChI=1S/C6H9BrO.C2H6O2/c7-5-1-3-6(8)4-2-5;3-1-2-4/h5H,1-4H2;3-4H,1-2H2. The molecule has 0 unspecified atom stereocenters. The van der Waals surface area contributed by atoms with E-state index in [1.165, 1.54) is 0 Å². The summed E-state index contributed by atoms with van der Waals surface area (Å²) in [5, 5.41) is 15.2. The lowest BCUT2D eigenvalue weighted by Crippen LogP contribution is -2.12. The predicted octanol–water partition coefficient (Wildman–Crippen LogP) is 0.864. The molecule has 0 atom stereocenters. The molecule has 0 aromatic heterocycles. The Balaban J connectivity index is 0.000000261. The number of hydrogen-bond acceptors (Lipinski definition) is 3. The van der Waals surface area contributed by atoms with Gasteiger partial charge in [-0.2, -0.15) is 0 Å². The third-order valence-electron chi connectivity index (χ3n) is 1.57. The minimum atomic E-state index is -0.125. The number of Topliss-reactive ketones (excluding diaryl/α,β-unsaturated/α-hetero) is 1. The number of ketones is 1. The molecule has 0 bridgehead atoms. The Bertz CT molecular complexity index is 115. The van der Waals surface area contributed by atoms with Gasteiger partial charge in [-0.05, 0) is 12.8 Å². The Labute approximate surface area is 80.9 Å². The zero-order valence-corrected chi connectivity index (χ0v) is 8.59. The first-order valence-electron chi connectivity index (χ1n) is 4.08. The average molecular weight is 239 g/mol. The molecule has 0 spiro atoms. The Morgan fingerprint density at radius 2 is 1.67 bits per heavy atom. The summed E-state index contributed by atoms with van der Waals surface area (Å²) in [6, 6.07) is 0. The molecule has 0 aromatic carbocycles. The van der Waals surface area contributed by atoms with Crippen molar-refractivity contribution in [2.75, 3.05) is 13.2 Å². The van der Waals surface area contributed by atoms with Crippen LogP contribution in [0.2, 0.25) is 0 Å². The van der Waals surface area contributed by atoms with Crippen molar-refractivity contribution in [3.05, 3.63) is 0 Å². The molecule has 1 aliphatic carbocycles. The molecule has 0 radical (unpaired) electrons. The summed E-state index contributed by atoms with van der Waals surface area (Å²) >= 11 is 3.46. The number of carbonyl (C=O) groups excluding carboxylic acids is 1. The van der Waals surface area contributed by atoms with Gasteiger partial charge in [0.1, 0.15) is 5.78 Å². The van der Waals surface area contributed by atoms with E-state index in [9.17, 15) is 4.79 Å². The highest BCUT2D eigenvalue weighted by Gasteiger charge is 2.14. The second-order valence-electron chi connectivity index (χ2n) is 2.66. The molecule has 12 heavy (non-hydrogen) atoms. The lowest BCUT2D eigenvalue weighted by atomic mass is 10.00. The minimum Gasteiger partial charge on any atom is -0.394 e. The molecule has 0 heterocycles. The molecule has 0 amide bonds. The van der Waals surface area contributed by atoms with Crippen LogP contribution < -0.4 is 0 Å². The van der Waals surface area contributed by atoms with Crippen molar-refractivity contribution in [3.63, 3.8) is 0 Å². The van der Waals surface area contributed by atoms with Crippen LogP contribution in [-0.4, -0.2) is 34.0 Å². The number of carbonyl (C=O) groups is 1. The van der Waals surface area contributed by atoms with Crippen molar-refractivity contribution in [2.45, 2.75) is 30.5 Å². The number of hydrogen-bond donors (Lipinski definition) is 2. The van der Waals surface area contributed by atoms with Crippen LogP contribution in [-0.2, 0) is 4.79 Å². The van der Waals surface area contributed by atoms with E-state index in [4.69, 9.17) is 10.2 Å². The maximum Gasteiger partial charge on any atom is 0.132 e. The lowest BCUT2D eigenvalue weighted by molar-refractivity contribution is -0.120. The van der Waals surface area contributed by atoms with Crippen LogP contribution in [0.5, 0.6) is 0 Å². The van der Waals surface area contributed by atoms with E-state index >= 15 is 0 Å². The van der Waals surface area contributed by atoms with Crippen LogP contribution >= 0.6 is 15.9 Å². The molecule has 1 fully saturated rings. The summed E-state index contributed by atoms with van der Waals surface area (Å²) in [4.78, 5) is 11.2. The number of halogens is 1. The van der Waals surface area contributed by atoms with Crippen LogP contribution in [0.4, 0.5) is 0 Å². The third-order valence-corrected chi connectivity index (χ3v) is 2.49. The molecule has 2 N–H and O–H groups in total. The van der Waals surface area contributed by atoms with E-state index in [0.29, 0.717) is 10.6 Å². The quantitative estimate of drug-likeness (QED) is 0.667. The molecule has 1 saturated carbocycles. The van der Waals surface area contributed by atoms with Crippen molar-refractivity contribution in [1.82, 2.24) is 0 Å². The first kappa shape index (κ1) is 12.1. The molecular formula is C8H15BrO3. The number of rotatable bonds is 1. The summed E-state index contributed by atoms with van der Waals surface area (Å²) in [6.07, 6.45) is 3.66. The van der Waals surface area contributed by atoms with Gasteiger partial charge < -0.3 is 10.2 Å². The zero-order valence-electron chi connectivity index (χ0n) is 7.00. The number of aliphatic hydroxyl groups is 2. The highest BCUT2D eigenvalue weighted by molar-refractivity contribution is 9.09. The van der Waals surface area contributed by atoms with Crippen molar-refractivity contribution in [3.8, 4) is 0 Å². The second kappa shape index (κ2) is 7.71. The van der Waals surface area contributed by atoms with Gasteiger partial charge in [-0.15, -0.1) is 0 Å². The highest BCUT2D eigenvalue weighted by atomic mass is 79.9. The number of alkyl halides is 1. The average Bonchev–Trinajstić information content (AvgIpc) is 2.11. The summed E-state index contributed by atoms with van der Waals surface area (Å²) in [7, 11) is 0. The van der Waals surface area contributed by atoms with E-state index < -0.39 is 0 Å². The Kier molecular flexibility index (Phi) is 7.75. The van der Waals surface area contributed by atoms with Crippen LogP contribution in [0, 0.1) is 0 Å². The molecule has 0 aliphatic heterocycles. The predicted molar refractivity (Wildman–Crippen MR) is 50.4 cm³/mol. The van der Waals surface area contributed by atoms with Crippen LogP contribution in [0.3, 0.4) is 0 Å². The Hall–Kier alpha value is 0.0700. The molecule has 0 saturated heterocycles. The van der Waals surface area contributed by atoms with E-state index in [0.717, 1.165) is 25.7 Å². The topological polar surface area (TPSA) is 57.5 Å². The fraction of sp³-hybridized carbons (Fsp3) is 0.875. The third kappa shape index (κ3) is 6.76. The van der Waals surface area contributed by atoms with Gasteiger partial charge in [-0.3, -0.25) is 4.79 Å². The summed E-state index contributed by atoms with van der Waals surface area (Å²) < 4.78 is 0. The largest absolute Gasteiger partial charge is 0.394 e. The molecule has 4 heteroatoms. The highest BCUT2D eigenvalue weighted by Crippen LogP contribution is 2.20. The molecule has 72 valence electrons. The Morgan fingerprint density at radius 1 is 1.25 bits per heavy atom. The fourth-order valence-corrected chi connectivity index (χ4v) is 1.36. The van der Waals surface area contributed by atoms with Gasteiger partial charge in [0.15, 0.2) is 0 Å². The molecular weight excluding hydrogens is 224 g/mol. The van der Waals surface area contributed by atoms with E-state index in [1.807, 2.05) is 0 Å². The zero-order chi connectivity index (χ0) is 9.40. The number of aliphatic hydroxyl groups excluding tert-OH is 2. The second-order valence-corrected chi connectivity index (χ2v) is 3.96. The van der Waals surface area contributed by atoms with Gasteiger partial charge in [-0.25, -0.2) is 0 Å². The van der Waals surface area contributed by atoms with Crippen molar-refractivity contribution < 1.29 is 15.0 Å². The van der Waals surface area contributed by atoms with E-state index in [1.54, 1.807) is 0 Å². The van der Waals surface area contributed by atoms with Gasteiger partial charge >= 0.3 is 0 Å². The monoisotopic (exact) mass is 238 g/mol. The van der Waals surface area contributed by atoms with Crippen molar-refractivity contribution >= 4 is 21.7 Å². The van der Waals surface area contributed by atoms with Crippen molar-refractivity contribution in [1.29, 1.82) is 0 Å². The van der Waals surface area contributed by atoms with E-state index in [-0.39, 0.29) is 13.2 Å². The minimum absolute atomic E-state index is 0.125. The normalized spacial score (nSPS) is 18.4. The fourth-order valence-electron chi connectivity index (χ4n) is 0.905. The van der Waals surface area contributed by atoms with Crippen LogP contribution in [0.25, 0.3) is 0 Å². The lowest BCUT2D eigenvalue weighted by Gasteiger charge is -2.13. The molecule has 3 nitrogen and oxygen atoms in total. The SMILES string of the molecule is O=C1CCC(Br)CC1.OCCO. The molecule has 1 aliphatic rings. The smallest absolute Gasteiger partial charge is 0.132 e. The van der Waals surface area contributed by atoms with Gasteiger partial charge in [-0.1, -0.05) is 15.9 Å². The maximum absolute atomic E-state index is 10.6. The van der Waals surface area contributed by atoms with Crippen molar-refractivity contribution in [2.24, 2.45) is 0 Å². The van der Waals surface area contributed by atoms with Gasteiger partial charge in [0, 0.05) is 17.7 Å². The van der Waals surface area contributed by atoms with Gasteiger partial charge in [0.25, 0.3) is 0 Å². The first-order valence-corrected chi connectivity index (χ1v) is 4.99. The maximum atomic E-state index is 10.6. The Morgan fingerprint density at radius 3 is 1.92 bits per heavy atom.